The van der Waals surface area contributed by atoms with Crippen LogP contribution in [-0.4, -0.2) is 14.5 Å². The number of nitrogens with zero attached hydrogens (tertiary/aromatic N) is 3. The summed E-state index contributed by atoms with van der Waals surface area (Å²) in [5.41, 5.74) is 6.42. The maximum absolute atomic E-state index is 6.72. The van der Waals surface area contributed by atoms with Gasteiger partial charge in [0, 0.05) is 43.3 Å². The van der Waals surface area contributed by atoms with Crippen LogP contribution in [0.5, 0.6) is 0 Å². The van der Waals surface area contributed by atoms with Crippen LogP contribution in [0.1, 0.15) is 0 Å². The van der Waals surface area contributed by atoms with Crippen LogP contribution in [-0.2, 0) is 0 Å². The van der Waals surface area contributed by atoms with Gasteiger partial charge in [0.1, 0.15) is 11.1 Å². The molecule has 0 amide bonds. The van der Waals surface area contributed by atoms with E-state index in [0.29, 0.717) is 5.95 Å². The SMILES string of the molecule is c1ccc2c(c#1)c1c3ccccc3n(-c3nc(-c4ccc5ccccc5c4)c4ccccc4n3)c1c1oc3ccccc3c21. The van der Waals surface area contributed by atoms with Gasteiger partial charge >= 0.3 is 0 Å². The predicted octanol–water partition coefficient (Wildman–Crippen LogP) is 10.2. The van der Waals surface area contributed by atoms with Crippen LogP contribution >= 0.6 is 0 Å². The van der Waals surface area contributed by atoms with E-state index < -0.39 is 0 Å². The van der Waals surface area contributed by atoms with Gasteiger partial charge in [0.25, 0.3) is 0 Å². The summed E-state index contributed by atoms with van der Waals surface area (Å²) in [6.07, 6.45) is 0. The maximum atomic E-state index is 6.72. The van der Waals surface area contributed by atoms with Crippen LogP contribution in [0.2, 0.25) is 0 Å². The van der Waals surface area contributed by atoms with Crippen molar-refractivity contribution in [2.24, 2.45) is 0 Å². The topological polar surface area (TPSA) is 43.9 Å². The van der Waals surface area contributed by atoms with Crippen molar-refractivity contribution < 1.29 is 4.42 Å². The van der Waals surface area contributed by atoms with Gasteiger partial charge in [-0.3, -0.25) is 4.57 Å². The number of rotatable bonds is 2. The Kier molecular flexibility index (Phi) is 4.61. The average Bonchev–Trinajstić information content (AvgIpc) is 3.65. The first-order valence-corrected chi connectivity index (χ1v) is 14.7. The monoisotopic (exact) mass is 559 g/mol. The Bertz CT molecular complexity index is 2790. The molecule has 0 N–H and O–H groups in total. The molecular formula is C40H21N3O. The van der Waals surface area contributed by atoms with Crippen molar-refractivity contribution in [1.29, 1.82) is 0 Å². The Morgan fingerprint density at radius 3 is 2.32 bits per heavy atom. The molecule has 4 heteroatoms. The second-order valence-corrected chi connectivity index (χ2v) is 11.2. The standard InChI is InChI=1S/C40H21N3O/c1-2-12-25-23-26(22-21-24(25)11-1)37-29-15-5-8-18-32(29)41-40(42-37)43-33-19-9-6-16-30(33)35-27-13-3-4-14-28(27)36-31-17-7-10-20-34(31)44-39(36)38(35)43/h1-2,4-12,14-23H. The summed E-state index contributed by atoms with van der Waals surface area (Å²) in [5.74, 6) is 0.596. The van der Waals surface area contributed by atoms with Gasteiger partial charge in [0.05, 0.1) is 16.7 Å². The zero-order valence-electron chi connectivity index (χ0n) is 23.4. The number of aromatic nitrogens is 3. The first-order valence-electron chi connectivity index (χ1n) is 14.7. The zero-order chi connectivity index (χ0) is 28.8. The molecule has 4 nitrogen and oxygen atoms in total. The van der Waals surface area contributed by atoms with Gasteiger partial charge in [-0.1, -0.05) is 103 Å². The molecule has 3 heterocycles. The minimum Gasteiger partial charge on any atom is -0.454 e. The highest BCUT2D eigenvalue weighted by molar-refractivity contribution is 6.34. The largest absolute Gasteiger partial charge is 0.454 e. The molecule has 0 aliphatic rings. The van der Waals surface area contributed by atoms with Gasteiger partial charge in [-0.15, -0.1) is 0 Å². The summed E-state index contributed by atoms with van der Waals surface area (Å²) in [5, 5.41) is 9.77. The highest BCUT2D eigenvalue weighted by atomic mass is 16.3. The molecule has 0 fully saturated rings. The van der Waals surface area contributed by atoms with Gasteiger partial charge < -0.3 is 4.42 Å². The molecule has 0 unspecified atom stereocenters. The first-order chi connectivity index (χ1) is 21.8. The van der Waals surface area contributed by atoms with Crippen molar-refractivity contribution in [2.45, 2.75) is 0 Å². The number of para-hydroxylation sites is 3. The summed E-state index contributed by atoms with van der Waals surface area (Å²) >= 11 is 0. The lowest BCUT2D eigenvalue weighted by atomic mass is 10.00. The quantitative estimate of drug-likeness (QED) is 0.212. The van der Waals surface area contributed by atoms with E-state index in [1.807, 2.05) is 30.3 Å². The maximum Gasteiger partial charge on any atom is 0.235 e. The van der Waals surface area contributed by atoms with Crippen molar-refractivity contribution in [3.8, 4) is 17.2 Å². The molecule has 0 spiro atoms. The molecule has 0 atom stereocenters. The Labute approximate surface area is 251 Å². The van der Waals surface area contributed by atoms with Crippen molar-refractivity contribution in [1.82, 2.24) is 14.5 Å². The minimum atomic E-state index is 0.596. The highest BCUT2D eigenvalue weighted by Crippen LogP contribution is 2.45. The second-order valence-electron chi connectivity index (χ2n) is 11.2. The first kappa shape index (κ1) is 23.4. The van der Waals surface area contributed by atoms with Crippen LogP contribution in [0.25, 0.3) is 93.4 Å². The van der Waals surface area contributed by atoms with Crippen molar-refractivity contribution >= 4 is 76.2 Å². The summed E-state index contributed by atoms with van der Waals surface area (Å²) in [6.45, 7) is 0. The van der Waals surface area contributed by atoms with E-state index in [0.717, 1.165) is 76.7 Å². The van der Waals surface area contributed by atoms with Gasteiger partial charge in [-0.05, 0) is 47.2 Å². The van der Waals surface area contributed by atoms with Gasteiger partial charge in [0.15, 0.2) is 5.58 Å². The number of furan rings is 1. The lowest BCUT2D eigenvalue weighted by Crippen LogP contribution is -2.03. The lowest BCUT2D eigenvalue weighted by molar-refractivity contribution is 0.671. The molecule has 0 radical (unpaired) electrons. The van der Waals surface area contributed by atoms with Crippen LogP contribution in [0.15, 0.2) is 132 Å². The van der Waals surface area contributed by atoms with E-state index in [4.69, 9.17) is 14.4 Å². The molecule has 10 aromatic rings. The Balaban J connectivity index is 1.40. The third kappa shape index (κ3) is 3.13. The molecule has 10 rings (SSSR count). The van der Waals surface area contributed by atoms with Crippen molar-refractivity contribution in [2.75, 3.05) is 0 Å². The molecule has 0 saturated carbocycles. The molecule has 3 aromatic heterocycles. The van der Waals surface area contributed by atoms with Gasteiger partial charge in [-0.2, -0.15) is 0 Å². The van der Waals surface area contributed by atoms with Crippen molar-refractivity contribution in [3.63, 3.8) is 0 Å². The summed E-state index contributed by atoms with van der Waals surface area (Å²) in [7, 11) is 0. The lowest BCUT2D eigenvalue weighted by Gasteiger charge is -2.12. The molecule has 0 saturated heterocycles. The summed E-state index contributed by atoms with van der Waals surface area (Å²) < 4.78 is 8.89. The molecule has 7 aromatic carbocycles. The van der Waals surface area contributed by atoms with E-state index in [1.54, 1.807) is 0 Å². The fourth-order valence-electron chi connectivity index (χ4n) is 6.91. The summed E-state index contributed by atoms with van der Waals surface area (Å²) in [4.78, 5) is 10.6. The van der Waals surface area contributed by atoms with Gasteiger partial charge in [0.2, 0.25) is 5.95 Å². The smallest absolute Gasteiger partial charge is 0.235 e. The third-order valence-electron chi connectivity index (χ3n) is 8.82. The molecule has 0 aliphatic heterocycles. The second kappa shape index (κ2) is 8.67. The predicted molar refractivity (Wildman–Crippen MR) is 179 cm³/mol. The van der Waals surface area contributed by atoms with Crippen LogP contribution < -0.4 is 0 Å². The molecule has 202 valence electrons. The van der Waals surface area contributed by atoms with E-state index >= 15 is 0 Å². The van der Waals surface area contributed by atoms with E-state index in [1.165, 1.54) is 10.8 Å². The normalized spacial score (nSPS) is 11.9. The minimum absolute atomic E-state index is 0.596. The molecule has 0 aliphatic carbocycles. The fourth-order valence-corrected chi connectivity index (χ4v) is 6.91. The Hall–Kier alpha value is -6.18. The summed E-state index contributed by atoms with van der Waals surface area (Å²) in [6, 6.07) is 50.6. The Morgan fingerprint density at radius 2 is 1.39 bits per heavy atom. The number of hydrogen-bond acceptors (Lipinski definition) is 3. The van der Waals surface area contributed by atoms with Crippen LogP contribution in [0.3, 0.4) is 0 Å². The van der Waals surface area contributed by atoms with E-state index in [-0.39, 0.29) is 0 Å². The fraction of sp³-hybridized carbons (Fsp3) is 0. The van der Waals surface area contributed by atoms with E-state index in [2.05, 4.69) is 114 Å². The zero-order valence-corrected chi connectivity index (χ0v) is 23.4. The van der Waals surface area contributed by atoms with Crippen molar-refractivity contribution in [3.05, 3.63) is 140 Å². The number of fused-ring (bicyclic) bond motifs is 12. The third-order valence-corrected chi connectivity index (χ3v) is 8.82. The van der Waals surface area contributed by atoms with E-state index in [9.17, 15) is 0 Å². The number of hydrogen-bond donors (Lipinski definition) is 0. The average molecular weight is 560 g/mol. The van der Waals surface area contributed by atoms with Crippen LogP contribution in [0, 0.1) is 12.1 Å². The molecular weight excluding hydrogens is 538 g/mol. The molecule has 44 heavy (non-hydrogen) atoms. The van der Waals surface area contributed by atoms with Gasteiger partial charge in [-0.25, -0.2) is 9.97 Å². The number of benzene rings is 6. The molecule has 0 bridgehead atoms. The van der Waals surface area contributed by atoms with Crippen LogP contribution in [0.4, 0.5) is 0 Å². The highest BCUT2D eigenvalue weighted by Gasteiger charge is 2.24. The Morgan fingerprint density at radius 1 is 0.614 bits per heavy atom.